The van der Waals surface area contributed by atoms with Gasteiger partial charge in [0.05, 0.1) is 20.3 Å². The molecule has 2 aliphatic rings. The van der Waals surface area contributed by atoms with E-state index in [0.717, 1.165) is 16.7 Å². The number of esters is 1. The lowest BCUT2D eigenvalue weighted by Crippen LogP contribution is -2.16. The maximum Gasteiger partial charge on any atom is 0.334 e. The highest BCUT2D eigenvalue weighted by atomic mass is 16.5. The molecule has 3 rings (SSSR count). The molecule has 1 aliphatic heterocycles. The molecule has 1 atom stereocenters. The van der Waals surface area contributed by atoms with Gasteiger partial charge >= 0.3 is 5.97 Å². The van der Waals surface area contributed by atoms with E-state index in [1.807, 2.05) is 0 Å². The molecule has 1 unspecified atom stereocenters. The van der Waals surface area contributed by atoms with E-state index in [9.17, 15) is 4.79 Å². The fourth-order valence-electron chi connectivity index (χ4n) is 2.83. The second-order valence-electron chi connectivity index (χ2n) is 5.39. The first kappa shape index (κ1) is 13.1. The maximum atomic E-state index is 12.1. The average molecular weight is 270 g/mol. The summed E-state index contributed by atoms with van der Waals surface area (Å²) < 4.78 is 10.5. The monoisotopic (exact) mass is 270 g/mol. The minimum absolute atomic E-state index is 0.234. The Morgan fingerprint density at radius 2 is 2.05 bits per heavy atom. The summed E-state index contributed by atoms with van der Waals surface area (Å²) in [6, 6.07) is 8.24. The molecule has 3 nitrogen and oxygen atoms in total. The van der Waals surface area contributed by atoms with Gasteiger partial charge in [0, 0.05) is 11.5 Å². The topological polar surface area (TPSA) is 35.5 Å². The number of ether oxygens (including phenoxy) is 2. The molecule has 1 aromatic rings. The second-order valence-corrected chi connectivity index (χ2v) is 5.39. The zero-order valence-corrected chi connectivity index (χ0v) is 11.8. The van der Waals surface area contributed by atoms with Crippen LogP contribution in [0.2, 0.25) is 0 Å². The smallest absolute Gasteiger partial charge is 0.334 e. The van der Waals surface area contributed by atoms with Gasteiger partial charge in [-0.1, -0.05) is 35.9 Å². The third-order valence-electron chi connectivity index (χ3n) is 4.01. The number of rotatable bonds is 2. The standard InChI is InChI=1S/C17H18O3/c1-11-3-5-12(6-4-11)15-7-13-9-20-10-14(13)8-16(15)17(18)19-2/h3-7,14H,8-10H2,1-2H3. The van der Waals surface area contributed by atoms with Crippen LogP contribution in [-0.4, -0.2) is 26.3 Å². The Kier molecular flexibility index (Phi) is 3.45. The Bertz CT molecular complexity index is 593. The van der Waals surface area contributed by atoms with E-state index in [1.165, 1.54) is 18.2 Å². The van der Waals surface area contributed by atoms with Gasteiger partial charge < -0.3 is 9.47 Å². The fraction of sp³-hybridized carbons (Fsp3) is 0.353. The fourth-order valence-corrected chi connectivity index (χ4v) is 2.83. The molecule has 20 heavy (non-hydrogen) atoms. The number of methoxy groups -OCH3 is 1. The van der Waals surface area contributed by atoms with E-state index < -0.39 is 0 Å². The molecule has 0 saturated carbocycles. The molecular weight excluding hydrogens is 252 g/mol. The number of allylic oxidation sites excluding steroid dienone is 2. The molecule has 1 aromatic carbocycles. The summed E-state index contributed by atoms with van der Waals surface area (Å²) >= 11 is 0. The van der Waals surface area contributed by atoms with Crippen molar-refractivity contribution in [3.05, 3.63) is 52.6 Å². The Labute approximate surface area is 118 Å². The van der Waals surface area contributed by atoms with Gasteiger partial charge in [-0.3, -0.25) is 0 Å². The lowest BCUT2D eigenvalue weighted by Gasteiger charge is -2.21. The van der Waals surface area contributed by atoms with Gasteiger partial charge in [0.25, 0.3) is 0 Å². The molecule has 0 bridgehead atoms. The predicted molar refractivity (Wildman–Crippen MR) is 77.1 cm³/mol. The van der Waals surface area contributed by atoms with Gasteiger partial charge in [-0.2, -0.15) is 0 Å². The van der Waals surface area contributed by atoms with Gasteiger partial charge in [-0.25, -0.2) is 4.79 Å². The van der Waals surface area contributed by atoms with Crippen LogP contribution in [0.4, 0.5) is 0 Å². The lowest BCUT2D eigenvalue weighted by atomic mass is 9.83. The highest BCUT2D eigenvalue weighted by Gasteiger charge is 2.31. The highest BCUT2D eigenvalue weighted by Crippen LogP contribution is 2.38. The minimum Gasteiger partial charge on any atom is -0.466 e. The van der Waals surface area contributed by atoms with Gasteiger partial charge in [0.15, 0.2) is 0 Å². The van der Waals surface area contributed by atoms with Crippen LogP contribution in [0.15, 0.2) is 41.5 Å². The Morgan fingerprint density at radius 1 is 1.30 bits per heavy atom. The van der Waals surface area contributed by atoms with Crippen molar-refractivity contribution in [1.29, 1.82) is 0 Å². The van der Waals surface area contributed by atoms with Crippen molar-refractivity contribution in [3.63, 3.8) is 0 Å². The van der Waals surface area contributed by atoms with Crippen molar-refractivity contribution in [2.24, 2.45) is 5.92 Å². The minimum atomic E-state index is -0.234. The molecule has 0 amide bonds. The second kappa shape index (κ2) is 5.25. The van der Waals surface area contributed by atoms with Crippen molar-refractivity contribution in [3.8, 4) is 0 Å². The number of fused-ring (bicyclic) bond motifs is 1. The molecule has 0 radical (unpaired) electrons. The Hall–Kier alpha value is -1.87. The molecule has 104 valence electrons. The maximum absolute atomic E-state index is 12.1. The molecule has 1 saturated heterocycles. The first-order chi connectivity index (χ1) is 9.69. The van der Waals surface area contributed by atoms with E-state index in [-0.39, 0.29) is 5.97 Å². The summed E-state index contributed by atoms with van der Waals surface area (Å²) in [6.45, 7) is 3.43. The first-order valence-corrected chi connectivity index (χ1v) is 6.85. The van der Waals surface area contributed by atoms with E-state index in [0.29, 0.717) is 25.6 Å². The third kappa shape index (κ3) is 2.29. The zero-order valence-electron chi connectivity index (χ0n) is 11.8. The summed E-state index contributed by atoms with van der Waals surface area (Å²) in [5.74, 6) is 0.0982. The van der Waals surface area contributed by atoms with E-state index in [4.69, 9.17) is 9.47 Å². The summed E-state index contributed by atoms with van der Waals surface area (Å²) in [4.78, 5) is 12.1. The first-order valence-electron chi connectivity index (χ1n) is 6.85. The van der Waals surface area contributed by atoms with E-state index in [1.54, 1.807) is 0 Å². The van der Waals surface area contributed by atoms with Crippen LogP contribution in [-0.2, 0) is 14.3 Å². The van der Waals surface area contributed by atoms with Crippen LogP contribution in [0.1, 0.15) is 17.5 Å². The molecule has 1 fully saturated rings. The van der Waals surface area contributed by atoms with Crippen LogP contribution in [0.3, 0.4) is 0 Å². The number of carbonyl (C=O) groups is 1. The van der Waals surface area contributed by atoms with Crippen LogP contribution in [0.25, 0.3) is 5.57 Å². The van der Waals surface area contributed by atoms with Gasteiger partial charge in [-0.15, -0.1) is 0 Å². The van der Waals surface area contributed by atoms with E-state index in [2.05, 4.69) is 37.3 Å². The average Bonchev–Trinajstić information content (AvgIpc) is 2.93. The van der Waals surface area contributed by atoms with Crippen molar-refractivity contribution < 1.29 is 14.3 Å². The molecule has 0 N–H and O–H groups in total. The van der Waals surface area contributed by atoms with Crippen LogP contribution in [0.5, 0.6) is 0 Å². The van der Waals surface area contributed by atoms with Crippen molar-refractivity contribution in [1.82, 2.24) is 0 Å². The van der Waals surface area contributed by atoms with Gasteiger partial charge in [-0.05, 0) is 30.1 Å². The number of aryl methyl sites for hydroxylation is 1. The lowest BCUT2D eigenvalue weighted by molar-refractivity contribution is -0.136. The van der Waals surface area contributed by atoms with Gasteiger partial charge in [0.2, 0.25) is 0 Å². The summed E-state index contributed by atoms with van der Waals surface area (Å²) in [5, 5.41) is 0. The predicted octanol–water partition coefficient (Wildman–Crippen LogP) is 2.90. The number of carbonyl (C=O) groups excluding carboxylic acids is 1. The normalized spacial score (nSPS) is 21.5. The van der Waals surface area contributed by atoms with Crippen molar-refractivity contribution in [2.45, 2.75) is 13.3 Å². The molecule has 0 spiro atoms. The molecule has 3 heteroatoms. The summed E-state index contributed by atoms with van der Waals surface area (Å²) in [5.41, 5.74) is 5.30. The SMILES string of the molecule is COC(=O)C1=C(c2ccc(C)cc2)C=C2COCC2C1. The van der Waals surface area contributed by atoms with Crippen molar-refractivity contribution in [2.75, 3.05) is 20.3 Å². The van der Waals surface area contributed by atoms with Gasteiger partial charge in [0.1, 0.15) is 0 Å². The number of hydrogen-bond donors (Lipinski definition) is 0. The Morgan fingerprint density at radius 3 is 2.75 bits per heavy atom. The molecule has 0 aromatic heterocycles. The number of hydrogen-bond acceptors (Lipinski definition) is 3. The van der Waals surface area contributed by atoms with E-state index >= 15 is 0 Å². The Balaban J connectivity index is 2.07. The van der Waals surface area contributed by atoms with Crippen molar-refractivity contribution >= 4 is 11.5 Å². The third-order valence-corrected chi connectivity index (χ3v) is 4.01. The van der Waals surface area contributed by atoms with Crippen LogP contribution < -0.4 is 0 Å². The quantitative estimate of drug-likeness (QED) is 0.775. The number of benzene rings is 1. The van der Waals surface area contributed by atoms with Crippen LogP contribution >= 0.6 is 0 Å². The largest absolute Gasteiger partial charge is 0.466 e. The molecular formula is C17H18O3. The molecule has 1 heterocycles. The van der Waals surface area contributed by atoms with Crippen LogP contribution in [0, 0.1) is 12.8 Å². The highest BCUT2D eigenvalue weighted by molar-refractivity contribution is 6.01. The summed E-state index contributed by atoms with van der Waals surface area (Å²) in [7, 11) is 1.44. The zero-order chi connectivity index (χ0) is 14.1. The molecule has 1 aliphatic carbocycles. The summed E-state index contributed by atoms with van der Waals surface area (Å²) in [6.07, 6.45) is 2.82.